The molecule has 0 aromatic rings. The van der Waals surface area contributed by atoms with Crippen LogP contribution in [0, 0.1) is 10.8 Å². The Bertz CT molecular complexity index is 228. The Balaban J connectivity index is 2.84. The van der Waals surface area contributed by atoms with Gasteiger partial charge in [-0.2, -0.15) is 0 Å². The second-order valence-corrected chi connectivity index (χ2v) is 7.39. The summed E-state index contributed by atoms with van der Waals surface area (Å²) >= 11 is 0. The molecule has 102 valence electrons. The number of rotatable bonds is 2. The van der Waals surface area contributed by atoms with Crippen LogP contribution in [0.4, 0.5) is 0 Å². The second-order valence-electron chi connectivity index (χ2n) is 7.39. The standard InChI is InChI=1S/C14H31N3/c1-7-17(15)12-8-13(2,3)10-16(6)11-14(4,5)9-12/h12H,7-11,15H2,1-6H3. The molecule has 1 saturated heterocycles. The fraction of sp³-hybridized carbons (Fsp3) is 1.00. The van der Waals surface area contributed by atoms with Crippen molar-refractivity contribution >= 4 is 0 Å². The maximum Gasteiger partial charge on any atom is 0.0252 e. The summed E-state index contributed by atoms with van der Waals surface area (Å²) in [6.45, 7) is 14.8. The number of hydrazine groups is 1. The molecule has 17 heavy (non-hydrogen) atoms. The molecule has 0 bridgehead atoms. The first-order valence-corrected chi connectivity index (χ1v) is 6.85. The zero-order chi connectivity index (χ0) is 13.3. The van der Waals surface area contributed by atoms with Crippen LogP contribution in [0.3, 0.4) is 0 Å². The molecule has 3 heteroatoms. The summed E-state index contributed by atoms with van der Waals surface area (Å²) in [6, 6.07) is 0.513. The van der Waals surface area contributed by atoms with Crippen molar-refractivity contribution in [3.05, 3.63) is 0 Å². The van der Waals surface area contributed by atoms with Crippen molar-refractivity contribution in [1.82, 2.24) is 9.91 Å². The molecule has 0 aliphatic carbocycles. The summed E-state index contributed by atoms with van der Waals surface area (Å²) < 4.78 is 0. The Hall–Kier alpha value is -0.120. The molecule has 1 fully saturated rings. The topological polar surface area (TPSA) is 32.5 Å². The Morgan fingerprint density at radius 2 is 1.53 bits per heavy atom. The molecule has 1 aliphatic heterocycles. The lowest BCUT2D eigenvalue weighted by Crippen LogP contribution is -2.51. The van der Waals surface area contributed by atoms with Gasteiger partial charge in [-0.15, -0.1) is 0 Å². The third-order valence-corrected chi connectivity index (χ3v) is 3.81. The molecule has 1 rings (SSSR count). The molecule has 0 spiro atoms. The molecule has 1 heterocycles. The van der Waals surface area contributed by atoms with Gasteiger partial charge in [-0.1, -0.05) is 34.6 Å². The van der Waals surface area contributed by atoms with Gasteiger partial charge in [-0.05, 0) is 30.7 Å². The Kier molecular flexibility index (Phi) is 4.61. The summed E-state index contributed by atoms with van der Waals surface area (Å²) in [5.41, 5.74) is 0.700. The highest BCUT2D eigenvalue weighted by atomic mass is 15.4. The van der Waals surface area contributed by atoms with E-state index in [1.165, 1.54) is 12.8 Å². The molecule has 0 atom stereocenters. The predicted molar refractivity (Wildman–Crippen MR) is 74.6 cm³/mol. The normalized spacial score (nSPS) is 26.8. The summed E-state index contributed by atoms with van der Waals surface area (Å²) in [4.78, 5) is 2.48. The summed E-state index contributed by atoms with van der Waals surface area (Å²) in [5, 5.41) is 2.04. The van der Waals surface area contributed by atoms with Crippen LogP contribution in [-0.4, -0.2) is 42.6 Å². The maximum absolute atomic E-state index is 6.16. The molecular formula is C14H31N3. The lowest BCUT2D eigenvalue weighted by Gasteiger charge is -2.45. The smallest absolute Gasteiger partial charge is 0.0252 e. The van der Waals surface area contributed by atoms with Crippen LogP contribution in [0.25, 0.3) is 0 Å². The van der Waals surface area contributed by atoms with Crippen molar-refractivity contribution in [1.29, 1.82) is 0 Å². The van der Waals surface area contributed by atoms with Gasteiger partial charge in [0, 0.05) is 25.7 Å². The van der Waals surface area contributed by atoms with Crippen molar-refractivity contribution in [3.63, 3.8) is 0 Å². The van der Waals surface area contributed by atoms with E-state index in [9.17, 15) is 0 Å². The molecule has 1 aliphatic rings. The first-order valence-electron chi connectivity index (χ1n) is 6.85. The molecule has 2 N–H and O–H groups in total. The van der Waals surface area contributed by atoms with Gasteiger partial charge in [0.1, 0.15) is 0 Å². The van der Waals surface area contributed by atoms with Crippen LogP contribution in [0.15, 0.2) is 0 Å². The fourth-order valence-electron chi connectivity index (χ4n) is 3.49. The van der Waals surface area contributed by atoms with Gasteiger partial charge in [-0.3, -0.25) is 5.84 Å². The van der Waals surface area contributed by atoms with Gasteiger partial charge < -0.3 is 4.90 Å². The van der Waals surface area contributed by atoms with E-state index in [4.69, 9.17) is 5.84 Å². The van der Waals surface area contributed by atoms with E-state index in [-0.39, 0.29) is 0 Å². The maximum atomic E-state index is 6.16. The number of nitrogens with two attached hydrogens (primary N) is 1. The number of nitrogens with zero attached hydrogens (tertiary/aromatic N) is 2. The van der Waals surface area contributed by atoms with Crippen LogP contribution < -0.4 is 5.84 Å². The van der Waals surface area contributed by atoms with Crippen LogP contribution in [0.2, 0.25) is 0 Å². The second kappa shape index (κ2) is 5.25. The SMILES string of the molecule is CCN(N)C1CC(C)(C)CN(C)CC(C)(C)C1. The quantitative estimate of drug-likeness (QED) is 0.595. The zero-order valence-corrected chi connectivity index (χ0v) is 12.6. The minimum Gasteiger partial charge on any atom is -0.305 e. The Morgan fingerprint density at radius 3 is 1.88 bits per heavy atom. The average molecular weight is 241 g/mol. The van der Waals surface area contributed by atoms with Crippen molar-refractivity contribution in [2.24, 2.45) is 16.7 Å². The number of hydrogen-bond donors (Lipinski definition) is 1. The van der Waals surface area contributed by atoms with Gasteiger partial charge in [-0.25, -0.2) is 5.01 Å². The van der Waals surface area contributed by atoms with Gasteiger partial charge in [0.2, 0.25) is 0 Å². The van der Waals surface area contributed by atoms with Crippen molar-refractivity contribution in [2.45, 2.75) is 53.5 Å². The zero-order valence-electron chi connectivity index (χ0n) is 12.6. The van der Waals surface area contributed by atoms with Gasteiger partial charge in [0.25, 0.3) is 0 Å². The summed E-state index contributed by atoms with van der Waals surface area (Å²) in [7, 11) is 2.24. The Morgan fingerprint density at radius 1 is 1.12 bits per heavy atom. The summed E-state index contributed by atoms with van der Waals surface area (Å²) in [5.74, 6) is 6.16. The number of likely N-dealkylation sites (tertiary alicyclic amines) is 1. The van der Waals surface area contributed by atoms with Crippen LogP contribution >= 0.6 is 0 Å². The highest BCUT2D eigenvalue weighted by molar-refractivity contribution is 4.89. The first kappa shape index (κ1) is 14.9. The van der Waals surface area contributed by atoms with Crippen LogP contribution in [-0.2, 0) is 0 Å². The first-order chi connectivity index (χ1) is 7.65. The van der Waals surface area contributed by atoms with E-state index < -0.39 is 0 Å². The molecule has 0 aromatic carbocycles. The van der Waals surface area contributed by atoms with E-state index in [1.54, 1.807) is 0 Å². The highest BCUT2D eigenvalue weighted by Crippen LogP contribution is 2.35. The van der Waals surface area contributed by atoms with Crippen molar-refractivity contribution < 1.29 is 0 Å². The van der Waals surface area contributed by atoms with E-state index in [0.29, 0.717) is 16.9 Å². The van der Waals surface area contributed by atoms with Gasteiger partial charge in [0.05, 0.1) is 0 Å². The van der Waals surface area contributed by atoms with E-state index in [2.05, 4.69) is 46.6 Å². The molecule has 0 radical (unpaired) electrons. The summed E-state index contributed by atoms with van der Waals surface area (Å²) in [6.07, 6.45) is 2.37. The van der Waals surface area contributed by atoms with Gasteiger partial charge in [0.15, 0.2) is 0 Å². The lowest BCUT2D eigenvalue weighted by molar-refractivity contribution is 0.0405. The molecular weight excluding hydrogens is 210 g/mol. The monoisotopic (exact) mass is 241 g/mol. The van der Waals surface area contributed by atoms with E-state index in [0.717, 1.165) is 19.6 Å². The molecule has 0 unspecified atom stereocenters. The third-order valence-electron chi connectivity index (χ3n) is 3.81. The Labute approximate surface area is 107 Å². The molecule has 0 amide bonds. The number of hydrogen-bond acceptors (Lipinski definition) is 3. The van der Waals surface area contributed by atoms with Crippen molar-refractivity contribution in [3.8, 4) is 0 Å². The molecule has 0 saturated carbocycles. The van der Waals surface area contributed by atoms with Crippen LogP contribution in [0.1, 0.15) is 47.5 Å². The minimum atomic E-state index is 0.350. The predicted octanol–water partition coefficient (Wildman–Crippen LogP) is 2.33. The third kappa shape index (κ3) is 4.57. The largest absolute Gasteiger partial charge is 0.305 e. The van der Waals surface area contributed by atoms with E-state index in [1.807, 2.05) is 5.01 Å². The lowest BCUT2D eigenvalue weighted by atomic mass is 9.75. The molecule has 3 nitrogen and oxygen atoms in total. The van der Waals surface area contributed by atoms with Crippen molar-refractivity contribution in [2.75, 3.05) is 26.7 Å². The van der Waals surface area contributed by atoms with Crippen LogP contribution in [0.5, 0.6) is 0 Å². The minimum absolute atomic E-state index is 0.350. The van der Waals surface area contributed by atoms with Gasteiger partial charge >= 0.3 is 0 Å². The fourth-order valence-corrected chi connectivity index (χ4v) is 3.49. The van der Waals surface area contributed by atoms with E-state index >= 15 is 0 Å². The molecule has 0 aromatic heterocycles. The highest BCUT2D eigenvalue weighted by Gasteiger charge is 2.35. The average Bonchev–Trinajstić information content (AvgIpc) is 2.10.